The molecule has 0 spiro atoms. The molecular formula is C21H15N3O5. The van der Waals surface area contributed by atoms with Gasteiger partial charge in [0.05, 0.1) is 23.7 Å². The fourth-order valence-electron chi connectivity index (χ4n) is 2.58. The van der Waals surface area contributed by atoms with Crippen molar-refractivity contribution in [2.45, 2.75) is 0 Å². The van der Waals surface area contributed by atoms with Gasteiger partial charge in [0.1, 0.15) is 11.3 Å². The van der Waals surface area contributed by atoms with Crippen molar-refractivity contribution in [1.29, 1.82) is 5.26 Å². The van der Waals surface area contributed by atoms with Crippen molar-refractivity contribution in [3.63, 3.8) is 0 Å². The molecule has 0 aliphatic carbocycles. The average molecular weight is 389 g/mol. The Morgan fingerprint density at radius 1 is 1.07 bits per heavy atom. The standard InChI is InChI=1S/C21H15N3O5/c1-28-20-12-14(13-22)6-11-19(20)29-16-9-7-15(8-10-16)23-21(25)17-4-2-3-5-18(17)24(26)27/h2-12H,1H3,(H,23,25). The summed E-state index contributed by atoms with van der Waals surface area (Å²) in [5, 5.41) is 22.6. The van der Waals surface area contributed by atoms with Gasteiger partial charge in [-0.3, -0.25) is 14.9 Å². The quantitative estimate of drug-likeness (QED) is 0.490. The molecule has 3 aromatic carbocycles. The van der Waals surface area contributed by atoms with E-state index in [0.29, 0.717) is 28.5 Å². The highest BCUT2D eigenvalue weighted by Crippen LogP contribution is 2.32. The lowest BCUT2D eigenvalue weighted by molar-refractivity contribution is -0.385. The number of benzene rings is 3. The predicted octanol–water partition coefficient (Wildman–Crippen LogP) is 4.52. The van der Waals surface area contributed by atoms with E-state index in [0.717, 1.165) is 0 Å². The summed E-state index contributed by atoms with van der Waals surface area (Å²) < 4.78 is 11.0. The van der Waals surface area contributed by atoms with Crippen LogP contribution < -0.4 is 14.8 Å². The van der Waals surface area contributed by atoms with Gasteiger partial charge in [0.25, 0.3) is 11.6 Å². The molecule has 0 aliphatic rings. The maximum absolute atomic E-state index is 12.4. The molecule has 0 unspecified atom stereocenters. The van der Waals surface area contributed by atoms with Crippen molar-refractivity contribution < 1.29 is 19.2 Å². The minimum Gasteiger partial charge on any atom is -0.493 e. The normalized spacial score (nSPS) is 9.93. The molecule has 3 rings (SSSR count). The highest BCUT2D eigenvalue weighted by Gasteiger charge is 2.19. The molecule has 0 radical (unpaired) electrons. The summed E-state index contributed by atoms with van der Waals surface area (Å²) in [4.78, 5) is 22.8. The lowest BCUT2D eigenvalue weighted by Gasteiger charge is -2.11. The maximum Gasteiger partial charge on any atom is 0.282 e. The van der Waals surface area contributed by atoms with Gasteiger partial charge in [0.15, 0.2) is 11.5 Å². The smallest absolute Gasteiger partial charge is 0.282 e. The molecule has 0 atom stereocenters. The summed E-state index contributed by atoms with van der Waals surface area (Å²) in [6, 6.07) is 19.0. The van der Waals surface area contributed by atoms with Crippen molar-refractivity contribution in [3.8, 4) is 23.3 Å². The first kappa shape index (κ1) is 19.4. The van der Waals surface area contributed by atoms with Gasteiger partial charge in [-0.05, 0) is 42.5 Å². The van der Waals surface area contributed by atoms with Gasteiger partial charge in [0.2, 0.25) is 0 Å². The van der Waals surface area contributed by atoms with Crippen LogP contribution in [0.2, 0.25) is 0 Å². The molecule has 0 aromatic heterocycles. The van der Waals surface area contributed by atoms with E-state index in [-0.39, 0.29) is 11.3 Å². The second kappa shape index (κ2) is 8.54. The van der Waals surface area contributed by atoms with Gasteiger partial charge < -0.3 is 14.8 Å². The van der Waals surface area contributed by atoms with Crippen LogP contribution in [-0.2, 0) is 0 Å². The Kier molecular flexibility index (Phi) is 5.71. The summed E-state index contributed by atoms with van der Waals surface area (Å²) in [7, 11) is 1.48. The number of nitrogens with one attached hydrogen (secondary N) is 1. The zero-order valence-corrected chi connectivity index (χ0v) is 15.3. The number of carbonyl (C=O) groups is 1. The molecule has 0 saturated carbocycles. The number of anilines is 1. The molecule has 0 heterocycles. The number of methoxy groups -OCH3 is 1. The van der Waals surface area contributed by atoms with Gasteiger partial charge in [-0.2, -0.15) is 5.26 Å². The van der Waals surface area contributed by atoms with Crippen molar-refractivity contribution >= 4 is 17.3 Å². The fourth-order valence-corrected chi connectivity index (χ4v) is 2.58. The number of carbonyl (C=O) groups excluding carboxylic acids is 1. The number of rotatable bonds is 6. The van der Waals surface area contributed by atoms with Crippen LogP contribution in [0.1, 0.15) is 15.9 Å². The lowest BCUT2D eigenvalue weighted by atomic mass is 10.1. The molecule has 0 fully saturated rings. The number of amides is 1. The minimum atomic E-state index is -0.600. The van der Waals surface area contributed by atoms with Gasteiger partial charge in [0, 0.05) is 17.8 Å². The first-order chi connectivity index (χ1) is 14.0. The number of hydrogen-bond donors (Lipinski definition) is 1. The lowest BCUT2D eigenvalue weighted by Crippen LogP contribution is -2.13. The Morgan fingerprint density at radius 3 is 2.45 bits per heavy atom. The average Bonchev–Trinajstić information content (AvgIpc) is 2.75. The summed E-state index contributed by atoms with van der Waals surface area (Å²) in [6.45, 7) is 0. The second-order valence-corrected chi connectivity index (χ2v) is 5.83. The van der Waals surface area contributed by atoms with Crippen LogP contribution in [0.3, 0.4) is 0 Å². The van der Waals surface area contributed by atoms with Crippen LogP contribution in [0.4, 0.5) is 11.4 Å². The zero-order chi connectivity index (χ0) is 20.8. The molecule has 8 heteroatoms. The van der Waals surface area contributed by atoms with Crippen molar-refractivity contribution in [3.05, 3.63) is 88.0 Å². The van der Waals surface area contributed by atoms with Crippen molar-refractivity contribution in [2.75, 3.05) is 12.4 Å². The number of ether oxygens (including phenoxy) is 2. The van der Waals surface area contributed by atoms with Crippen molar-refractivity contribution in [1.82, 2.24) is 0 Å². The van der Waals surface area contributed by atoms with Gasteiger partial charge >= 0.3 is 0 Å². The van der Waals surface area contributed by atoms with E-state index >= 15 is 0 Å². The molecule has 0 aliphatic heterocycles. The first-order valence-corrected chi connectivity index (χ1v) is 8.42. The summed E-state index contributed by atoms with van der Waals surface area (Å²) >= 11 is 0. The predicted molar refractivity (Wildman–Crippen MR) is 105 cm³/mol. The molecule has 29 heavy (non-hydrogen) atoms. The zero-order valence-electron chi connectivity index (χ0n) is 15.3. The molecule has 0 bridgehead atoms. The van der Waals surface area contributed by atoms with E-state index in [1.54, 1.807) is 48.5 Å². The molecular weight excluding hydrogens is 374 g/mol. The molecule has 3 aromatic rings. The Balaban J connectivity index is 1.74. The van der Waals surface area contributed by atoms with E-state index < -0.39 is 10.8 Å². The largest absolute Gasteiger partial charge is 0.493 e. The number of nitro benzene ring substituents is 1. The second-order valence-electron chi connectivity index (χ2n) is 5.83. The van der Waals surface area contributed by atoms with Crippen LogP contribution in [0.5, 0.6) is 17.2 Å². The maximum atomic E-state index is 12.4. The number of nitrogens with zero attached hydrogens (tertiary/aromatic N) is 2. The molecule has 144 valence electrons. The first-order valence-electron chi connectivity index (χ1n) is 8.42. The molecule has 8 nitrogen and oxygen atoms in total. The summed E-state index contributed by atoms with van der Waals surface area (Å²) in [6.07, 6.45) is 0. The highest BCUT2D eigenvalue weighted by molar-refractivity contribution is 6.07. The van der Waals surface area contributed by atoms with Gasteiger partial charge in [-0.25, -0.2) is 0 Å². The van der Waals surface area contributed by atoms with E-state index in [1.165, 1.54) is 25.3 Å². The minimum absolute atomic E-state index is 0.0276. The van der Waals surface area contributed by atoms with E-state index in [9.17, 15) is 14.9 Å². The van der Waals surface area contributed by atoms with Gasteiger partial charge in [-0.1, -0.05) is 12.1 Å². The number of nitriles is 1. The number of hydrogen-bond acceptors (Lipinski definition) is 6. The fraction of sp³-hybridized carbons (Fsp3) is 0.0476. The topological polar surface area (TPSA) is 114 Å². The Bertz CT molecular complexity index is 1100. The van der Waals surface area contributed by atoms with Crippen LogP contribution in [0.25, 0.3) is 0 Å². The monoisotopic (exact) mass is 389 g/mol. The third kappa shape index (κ3) is 4.48. The third-order valence-corrected chi connectivity index (χ3v) is 3.98. The SMILES string of the molecule is COc1cc(C#N)ccc1Oc1ccc(NC(=O)c2ccccc2[N+](=O)[O-])cc1. The molecule has 1 amide bonds. The number of para-hydroxylation sites is 1. The van der Waals surface area contributed by atoms with E-state index in [2.05, 4.69) is 5.32 Å². The van der Waals surface area contributed by atoms with Gasteiger partial charge in [-0.15, -0.1) is 0 Å². The highest BCUT2D eigenvalue weighted by atomic mass is 16.6. The van der Waals surface area contributed by atoms with Crippen LogP contribution in [0.15, 0.2) is 66.7 Å². The molecule has 1 N–H and O–H groups in total. The Labute approximate surface area is 166 Å². The van der Waals surface area contributed by atoms with Crippen molar-refractivity contribution in [2.24, 2.45) is 0 Å². The summed E-state index contributed by atoms with van der Waals surface area (Å²) in [5.41, 5.74) is 0.604. The van der Waals surface area contributed by atoms with Crippen LogP contribution in [-0.4, -0.2) is 17.9 Å². The van der Waals surface area contributed by atoms with E-state index in [4.69, 9.17) is 14.7 Å². The van der Waals surface area contributed by atoms with Crippen LogP contribution >= 0.6 is 0 Å². The third-order valence-electron chi connectivity index (χ3n) is 3.98. The Hall–Kier alpha value is -4.38. The van der Waals surface area contributed by atoms with E-state index in [1.807, 2.05) is 6.07 Å². The summed E-state index contributed by atoms with van der Waals surface area (Å²) in [5.74, 6) is 0.748. The number of nitro groups is 1. The molecule has 0 saturated heterocycles. The van der Waals surface area contributed by atoms with Crippen LogP contribution in [0, 0.1) is 21.4 Å². The Morgan fingerprint density at radius 2 is 1.79 bits per heavy atom.